The van der Waals surface area contributed by atoms with Gasteiger partial charge in [0.25, 0.3) is 0 Å². The van der Waals surface area contributed by atoms with Crippen molar-refractivity contribution < 1.29 is 26.7 Å². The van der Waals surface area contributed by atoms with Crippen LogP contribution < -0.4 is 5.30 Å². The van der Waals surface area contributed by atoms with Crippen LogP contribution in [0.15, 0.2) is 24.3 Å². The van der Waals surface area contributed by atoms with Crippen LogP contribution in [0, 0.1) is 0 Å². The molecule has 4 rings (SSSR count). The molecule has 29 heavy (non-hydrogen) atoms. The highest BCUT2D eigenvalue weighted by Crippen LogP contribution is 2.57. The Hall–Kier alpha value is -0.645. The maximum absolute atomic E-state index is 9.75. The van der Waals surface area contributed by atoms with E-state index >= 15 is 0 Å². The standard InChI is InChI=1S/C21H31O2P.BF4/c1-21(22-15-8-16-23-21)19-13-6-7-14-20(19)24(17-9-2-3-10-17)18-11-4-5-12-18;2-1(3,4)5/h6-7,13-14,17-18H,2-5,8-12,15-16H2,1H3;/q;-1/p+1. The van der Waals surface area contributed by atoms with Crippen LogP contribution in [0.1, 0.15) is 70.3 Å². The van der Waals surface area contributed by atoms with Crippen molar-refractivity contribution in [1.29, 1.82) is 0 Å². The summed E-state index contributed by atoms with van der Waals surface area (Å²) in [6.45, 7) is 3.79. The van der Waals surface area contributed by atoms with Crippen LogP contribution in [0.2, 0.25) is 0 Å². The Kier molecular flexibility index (Phi) is 8.03. The second kappa shape index (κ2) is 10.1. The Labute approximate surface area is 172 Å². The largest absolute Gasteiger partial charge is 0.673 e. The zero-order chi connectivity index (χ0) is 20.9. The first-order chi connectivity index (χ1) is 13.8. The van der Waals surface area contributed by atoms with Gasteiger partial charge in [0.05, 0.1) is 30.1 Å². The van der Waals surface area contributed by atoms with Crippen LogP contribution in [0.25, 0.3) is 0 Å². The lowest BCUT2D eigenvalue weighted by molar-refractivity contribution is -0.264. The van der Waals surface area contributed by atoms with E-state index < -0.39 is 21.0 Å². The minimum Gasteiger partial charge on any atom is -0.418 e. The van der Waals surface area contributed by atoms with Gasteiger partial charge in [-0.2, -0.15) is 0 Å². The van der Waals surface area contributed by atoms with Crippen molar-refractivity contribution in [2.24, 2.45) is 0 Å². The van der Waals surface area contributed by atoms with Gasteiger partial charge < -0.3 is 26.7 Å². The Morgan fingerprint density at radius 2 is 1.28 bits per heavy atom. The second-order valence-corrected chi connectivity index (χ2v) is 11.5. The lowest BCUT2D eigenvalue weighted by Gasteiger charge is -2.36. The molecule has 0 radical (unpaired) electrons. The monoisotopic (exact) mass is 434 g/mol. The maximum atomic E-state index is 9.75. The molecule has 0 atom stereocenters. The van der Waals surface area contributed by atoms with E-state index in [1.807, 2.05) is 0 Å². The fraction of sp³-hybridized carbons (Fsp3) is 0.714. The molecule has 8 heteroatoms. The summed E-state index contributed by atoms with van der Waals surface area (Å²) in [7, 11) is -6.55. The van der Waals surface area contributed by atoms with Gasteiger partial charge in [0, 0.05) is 7.92 Å². The molecule has 3 aliphatic rings. The Balaban J connectivity index is 0.000000431. The highest BCUT2D eigenvalue weighted by molar-refractivity contribution is 7.67. The van der Waals surface area contributed by atoms with E-state index in [1.54, 1.807) is 5.30 Å². The van der Waals surface area contributed by atoms with E-state index in [4.69, 9.17) is 9.47 Å². The number of halogens is 4. The van der Waals surface area contributed by atoms with E-state index in [-0.39, 0.29) is 0 Å². The van der Waals surface area contributed by atoms with Crippen molar-refractivity contribution >= 4 is 20.5 Å². The fourth-order valence-corrected chi connectivity index (χ4v) is 9.68. The summed E-state index contributed by atoms with van der Waals surface area (Å²) in [4.78, 5) is 0. The predicted octanol–water partition coefficient (Wildman–Crippen LogP) is 6.32. The highest BCUT2D eigenvalue weighted by atomic mass is 31.1. The molecule has 1 aromatic carbocycles. The van der Waals surface area contributed by atoms with Crippen LogP contribution in [-0.4, -0.2) is 31.8 Å². The molecular formula is C21H32BF4O2P. The number of ether oxygens (including phenoxy) is 2. The van der Waals surface area contributed by atoms with Crippen molar-refractivity contribution in [2.45, 2.75) is 81.8 Å². The minimum absolute atomic E-state index is 0.526. The first-order valence-electron chi connectivity index (χ1n) is 10.9. The summed E-state index contributed by atoms with van der Waals surface area (Å²) in [5.74, 6) is -0.526. The lowest BCUT2D eigenvalue weighted by atomic mass is 10.1. The van der Waals surface area contributed by atoms with Crippen LogP contribution in [0.3, 0.4) is 0 Å². The molecule has 0 unspecified atom stereocenters. The van der Waals surface area contributed by atoms with Gasteiger partial charge in [-0.1, -0.05) is 12.1 Å². The smallest absolute Gasteiger partial charge is 0.418 e. The molecule has 0 amide bonds. The third-order valence-corrected chi connectivity index (χ3v) is 10.3. The van der Waals surface area contributed by atoms with E-state index in [9.17, 15) is 17.3 Å². The molecule has 1 aromatic rings. The predicted molar refractivity (Wildman–Crippen MR) is 113 cm³/mol. The molecule has 0 N–H and O–H groups in total. The quantitative estimate of drug-likeness (QED) is 0.314. The van der Waals surface area contributed by atoms with Crippen LogP contribution in [-0.2, 0) is 15.3 Å². The lowest BCUT2D eigenvalue weighted by Crippen LogP contribution is -2.39. The summed E-state index contributed by atoms with van der Waals surface area (Å²) in [5.41, 5.74) is 3.27. The molecule has 164 valence electrons. The van der Waals surface area contributed by atoms with Gasteiger partial charge in [-0.05, 0) is 76.8 Å². The van der Waals surface area contributed by atoms with Crippen molar-refractivity contribution in [3.05, 3.63) is 29.8 Å². The molecular weight excluding hydrogens is 402 g/mol. The molecule has 1 aliphatic heterocycles. The highest BCUT2D eigenvalue weighted by Gasteiger charge is 2.45. The Morgan fingerprint density at radius 1 is 0.828 bits per heavy atom. The summed E-state index contributed by atoms with van der Waals surface area (Å²) in [5, 5.41) is 1.63. The van der Waals surface area contributed by atoms with E-state index in [0.29, 0.717) is 0 Å². The van der Waals surface area contributed by atoms with E-state index in [0.717, 1.165) is 31.0 Å². The number of hydrogen-bond acceptors (Lipinski definition) is 2. The average Bonchev–Trinajstić information content (AvgIpc) is 3.36. The molecule has 0 spiro atoms. The topological polar surface area (TPSA) is 18.5 Å². The van der Waals surface area contributed by atoms with Crippen molar-refractivity contribution in [3.63, 3.8) is 0 Å². The van der Waals surface area contributed by atoms with E-state index in [1.165, 1.54) is 56.9 Å². The second-order valence-electron chi connectivity index (χ2n) is 8.45. The van der Waals surface area contributed by atoms with Gasteiger partial charge in [-0.25, -0.2) is 0 Å². The zero-order valence-corrected chi connectivity index (χ0v) is 18.1. The number of rotatable bonds is 4. The van der Waals surface area contributed by atoms with Crippen LogP contribution >= 0.6 is 7.92 Å². The molecule has 1 heterocycles. The van der Waals surface area contributed by atoms with E-state index in [2.05, 4.69) is 31.2 Å². The molecule has 3 fully saturated rings. The molecule has 0 bridgehead atoms. The van der Waals surface area contributed by atoms with Gasteiger partial charge in [0.2, 0.25) is 0 Å². The molecule has 2 aliphatic carbocycles. The zero-order valence-electron chi connectivity index (χ0n) is 17.1. The fourth-order valence-electron chi connectivity index (χ4n) is 5.17. The third-order valence-electron chi connectivity index (χ3n) is 6.36. The molecule has 2 saturated carbocycles. The first-order valence-corrected chi connectivity index (χ1v) is 12.6. The number of benzene rings is 1. The average molecular weight is 434 g/mol. The van der Waals surface area contributed by atoms with Gasteiger partial charge in [-0.3, -0.25) is 0 Å². The van der Waals surface area contributed by atoms with Gasteiger partial charge >= 0.3 is 7.25 Å². The maximum Gasteiger partial charge on any atom is 0.673 e. The van der Waals surface area contributed by atoms with Gasteiger partial charge in [0.1, 0.15) is 5.30 Å². The normalized spacial score (nSPS) is 23.2. The van der Waals surface area contributed by atoms with Crippen LogP contribution in [0.5, 0.6) is 0 Å². The van der Waals surface area contributed by atoms with Crippen molar-refractivity contribution in [1.82, 2.24) is 0 Å². The molecule has 0 aromatic heterocycles. The van der Waals surface area contributed by atoms with Gasteiger partial charge in [-0.15, -0.1) is 0 Å². The number of hydrogen-bond donors (Lipinski definition) is 0. The third kappa shape index (κ3) is 6.42. The summed E-state index contributed by atoms with van der Waals surface area (Å²) in [6.07, 6.45) is 12.6. The summed E-state index contributed by atoms with van der Waals surface area (Å²) in [6, 6.07) is 9.13. The SMILES string of the molecule is CC1(c2ccccc2[PH+](C2CCCC2)C2CCCC2)OCCCO1.F[B-](F)(F)F. The minimum atomic E-state index is -6.00. The first kappa shape index (κ1) is 23.0. The van der Waals surface area contributed by atoms with Crippen LogP contribution in [0.4, 0.5) is 17.3 Å². The Morgan fingerprint density at radius 3 is 1.76 bits per heavy atom. The molecule has 1 saturated heterocycles. The van der Waals surface area contributed by atoms with Crippen molar-refractivity contribution in [3.8, 4) is 0 Å². The molecule has 2 nitrogen and oxygen atoms in total. The van der Waals surface area contributed by atoms with Gasteiger partial charge in [0.15, 0.2) is 5.79 Å². The summed E-state index contributed by atoms with van der Waals surface area (Å²) < 4.78 is 51.3. The summed E-state index contributed by atoms with van der Waals surface area (Å²) >= 11 is 0. The van der Waals surface area contributed by atoms with Crippen molar-refractivity contribution in [2.75, 3.05) is 13.2 Å². The Bertz CT molecular complexity index is 618.